The molecule has 0 unspecified atom stereocenters. The second-order valence-corrected chi connectivity index (χ2v) is 12.4. The number of allylic oxidation sites excluding steroid dienone is 1. The quantitative estimate of drug-likeness (QED) is 0.577. The van der Waals surface area contributed by atoms with Crippen LogP contribution in [0.4, 0.5) is 5.69 Å². The van der Waals surface area contributed by atoms with Gasteiger partial charge in [0, 0.05) is 37.5 Å². The predicted octanol–water partition coefficient (Wildman–Crippen LogP) is 5.73. The minimum atomic E-state index is -0.869. The Hall–Kier alpha value is -2.05. The number of hydrogen-bond acceptors (Lipinski definition) is 3. The molecule has 34 heavy (non-hydrogen) atoms. The normalized spacial score (nSPS) is 40.9. The van der Waals surface area contributed by atoms with E-state index in [1.807, 2.05) is 6.08 Å². The van der Waals surface area contributed by atoms with E-state index in [2.05, 4.69) is 62.0 Å². The smallest absolute Gasteiger partial charge is 0.155 e. The molecule has 4 saturated carbocycles. The lowest BCUT2D eigenvalue weighted by Gasteiger charge is -2.58. The van der Waals surface area contributed by atoms with E-state index in [-0.39, 0.29) is 5.41 Å². The number of nitrogens with zero attached hydrogens (tertiary/aromatic N) is 1. The van der Waals surface area contributed by atoms with E-state index in [0.29, 0.717) is 47.7 Å². The SMILES string of the molecule is CN(C)c1ccc([C@H]2C[C@@]3(C)[C@@H](CC[C@@]3(O)C#CC3CC3)[C@@H]3CCC4=CC(=O)CC[C@@H]4[C@H]32)cc1. The number of ketones is 1. The van der Waals surface area contributed by atoms with Crippen LogP contribution in [0.25, 0.3) is 0 Å². The van der Waals surface area contributed by atoms with Crippen LogP contribution in [-0.2, 0) is 4.79 Å². The maximum absolute atomic E-state index is 12.3. The topological polar surface area (TPSA) is 40.5 Å². The van der Waals surface area contributed by atoms with E-state index in [4.69, 9.17) is 0 Å². The highest BCUT2D eigenvalue weighted by Crippen LogP contribution is 2.68. The molecule has 0 amide bonds. The van der Waals surface area contributed by atoms with Gasteiger partial charge in [0.05, 0.1) is 0 Å². The molecule has 1 aromatic carbocycles. The first-order chi connectivity index (χ1) is 16.3. The van der Waals surface area contributed by atoms with E-state index >= 15 is 0 Å². The maximum Gasteiger partial charge on any atom is 0.155 e. The molecule has 0 aliphatic heterocycles. The van der Waals surface area contributed by atoms with Gasteiger partial charge in [-0.2, -0.15) is 0 Å². The van der Waals surface area contributed by atoms with E-state index < -0.39 is 5.60 Å². The molecule has 3 nitrogen and oxygen atoms in total. The zero-order valence-electron chi connectivity index (χ0n) is 21.0. The lowest BCUT2D eigenvalue weighted by Crippen LogP contribution is -2.54. The van der Waals surface area contributed by atoms with Crippen molar-refractivity contribution in [2.75, 3.05) is 19.0 Å². The third kappa shape index (κ3) is 3.48. The van der Waals surface area contributed by atoms with Crippen LogP contribution in [-0.4, -0.2) is 30.6 Å². The Labute approximate surface area is 205 Å². The Bertz CT molecular complexity index is 1070. The van der Waals surface area contributed by atoms with E-state index in [1.165, 1.54) is 29.7 Å². The molecule has 5 aliphatic rings. The molecule has 0 spiro atoms. The van der Waals surface area contributed by atoms with Gasteiger partial charge in [0.15, 0.2) is 5.78 Å². The van der Waals surface area contributed by atoms with Gasteiger partial charge in [-0.25, -0.2) is 0 Å². The summed E-state index contributed by atoms with van der Waals surface area (Å²) in [5.41, 5.74) is 3.00. The Balaban J connectivity index is 1.42. The van der Waals surface area contributed by atoms with Gasteiger partial charge in [0.1, 0.15) is 5.60 Å². The first-order valence-corrected chi connectivity index (χ1v) is 13.5. The van der Waals surface area contributed by atoms with E-state index in [0.717, 1.165) is 38.5 Å². The molecule has 4 fully saturated rings. The standard InChI is InChI=1S/C31H39NO2/c1-30-19-27(21-6-9-23(10-7-21)32(2)3)29-25-13-11-24(33)18-22(25)8-12-26(29)28(30)15-17-31(30,34)16-14-20-4-5-20/h6-7,9-10,18,20,25-29,34H,4-5,8,11-13,15,17,19H2,1-3H3/t25-,26-,27+,28-,29+,30-,31-/m0/s1. The molecule has 0 heterocycles. The summed E-state index contributed by atoms with van der Waals surface area (Å²) in [5.74, 6) is 10.3. The number of carbonyl (C=O) groups is 1. The summed E-state index contributed by atoms with van der Waals surface area (Å²) in [6.07, 6.45) is 11.2. The van der Waals surface area contributed by atoms with Crippen LogP contribution in [0.15, 0.2) is 35.9 Å². The summed E-state index contributed by atoms with van der Waals surface area (Å²) in [7, 11) is 4.18. The van der Waals surface area contributed by atoms with Crippen molar-refractivity contribution >= 4 is 11.5 Å². The Kier molecular flexibility index (Phi) is 5.27. The van der Waals surface area contributed by atoms with Crippen molar-refractivity contribution in [3.05, 3.63) is 41.5 Å². The fourth-order valence-electron chi connectivity index (χ4n) is 8.33. The summed E-state index contributed by atoms with van der Waals surface area (Å²) in [4.78, 5) is 14.4. The Morgan fingerprint density at radius 1 is 1.00 bits per heavy atom. The zero-order valence-corrected chi connectivity index (χ0v) is 21.0. The van der Waals surface area contributed by atoms with E-state index in [9.17, 15) is 9.90 Å². The summed E-state index contributed by atoms with van der Waals surface area (Å²) in [5, 5.41) is 12.0. The third-order valence-corrected chi connectivity index (χ3v) is 10.4. The number of aliphatic hydroxyl groups is 1. The van der Waals surface area contributed by atoms with Gasteiger partial charge in [-0.05, 0) is 105 Å². The maximum atomic E-state index is 12.3. The fraction of sp³-hybridized carbons (Fsp3) is 0.645. The number of fused-ring (bicyclic) bond motifs is 5. The first-order valence-electron chi connectivity index (χ1n) is 13.5. The molecule has 1 aromatic rings. The molecule has 0 bridgehead atoms. The highest BCUT2D eigenvalue weighted by molar-refractivity contribution is 5.91. The van der Waals surface area contributed by atoms with Gasteiger partial charge < -0.3 is 10.0 Å². The van der Waals surface area contributed by atoms with Crippen molar-refractivity contribution in [1.82, 2.24) is 0 Å². The van der Waals surface area contributed by atoms with Gasteiger partial charge >= 0.3 is 0 Å². The number of carbonyl (C=O) groups excluding carboxylic acids is 1. The number of benzene rings is 1. The molecular weight excluding hydrogens is 418 g/mol. The lowest BCUT2D eigenvalue weighted by atomic mass is 9.46. The fourth-order valence-corrected chi connectivity index (χ4v) is 8.33. The minimum absolute atomic E-state index is 0.174. The number of rotatable bonds is 2. The average molecular weight is 458 g/mol. The largest absolute Gasteiger partial charge is 0.378 e. The van der Waals surface area contributed by atoms with Gasteiger partial charge in [-0.3, -0.25) is 4.79 Å². The van der Waals surface area contributed by atoms with Crippen LogP contribution in [0, 0.1) is 46.8 Å². The molecule has 6 rings (SSSR count). The van der Waals surface area contributed by atoms with Gasteiger partial charge in [0.2, 0.25) is 0 Å². The lowest BCUT2D eigenvalue weighted by molar-refractivity contribution is -0.117. The Morgan fingerprint density at radius 2 is 1.76 bits per heavy atom. The molecule has 7 atom stereocenters. The molecule has 0 aromatic heterocycles. The minimum Gasteiger partial charge on any atom is -0.378 e. The molecule has 3 heteroatoms. The van der Waals surface area contributed by atoms with Crippen molar-refractivity contribution < 1.29 is 9.90 Å². The van der Waals surface area contributed by atoms with Gasteiger partial charge in [-0.15, -0.1) is 0 Å². The molecule has 0 saturated heterocycles. The highest BCUT2D eigenvalue weighted by Gasteiger charge is 2.64. The van der Waals surface area contributed by atoms with Crippen LogP contribution in [0.3, 0.4) is 0 Å². The molecule has 5 aliphatic carbocycles. The average Bonchev–Trinajstić information content (AvgIpc) is 3.62. The highest BCUT2D eigenvalue weighted by atomic mass is 16.3. The second-order valence-electron chi connectivity index (χ2n) is 12.4. The van der Waals surface area contributed by atoms with Crippen LogP contribution >= 0.6 is 0 Å². The second kappa shape index (κ2) is 7.99. The number of anilines is 1. The van der Waals surface area contributed by atoms with Crippen LogP contribution in [0.1, 0.15) is 76.2 Å². The number of hydrogen-bond donors (Lipinski definition) is 1. The van der Waals surface area contributed by atoms with Crippen molar-refractivity contribution in [3.8, 4) is 11.8 Å². The molecular formula is C31H39NO2. The predicted molar refractivity (Wildman–Crippen MR) is 136 cm³/mol. The summed E-state index contributed by atoms with van der Waals surface area (Å²) in [6.45, 7) is 2.36. The molecule has 1 N–H and O–H groups in total. The Morgan fingerprint density at radius 3 is 2.47 bits per heavy atom. The van der Waals surface area contributed by atoms with Crippen LogP contribution in [0.2, 0.25) is 0 Å². The van der Waals surface area contributed by atoms with Gasteiger partial charge in [-0.1, -0.05) is 36.5 Å². The summed E-state index contributed by atoms with van der Waals surface area (Å²) >= 11 is 0. The van der Waals surface area contributed by atoms with Crippen LogP contribution < -0.4 is 4.90 Å². The van der Waals surface area contributed by atoms with Crippen molar-refractivity contribution in [3.63, 3.8) is 0 Å². The van der Waals surface area contributed by atoms with Crippen molar-refractivity contribution in [1.29, 1.82) is 0 Å². The van der Waals surface area contributed by atoms with Crippen LogP contribution in [0.5, 0.6) is 0 Å². The van der Waals surface area contributed by atoms with Crippen molar-refractivity contribution in [2.24, 2.45) is 35.0 Å². The summed E-state index contributed by atoms with van der Waals surface area (Å²) in [6, 6.07) is 9.15. The zero-order chi connectivity index (χ0) is 23.7. The van der Waals surface area contributed by atoms with Gasteiger partial charge in [0.25, 0.3) is 0 Å². The summed E-state index contributed by atoms with van der Waals surface area (Å²) < 4.78 is 0. The first kappa shape index (κ1) is 22.4. The third-order valence-electron chi connectivity index (χ3n) is 10.4. The van der Waals surface area contributed by atoms with Crippen molar-refractivity contribution in [2.45, 2.75) is 76.2 Å². The monoisotopic (exact) mass is 457 g/mol. The molecule has 180 valence electrons. The van der Waals surface area contributed by atoms with E-state index in [1.54, 1.807) is 0 Å². The molecule has 0 radical (unpaired) electrons.